The summed E-state index contributed by atoms with van der Waals surface area (Å²) in [5.41, 5.74) is 9.99. The number of nitrogens with zero attached hydrogens (tertiary/aromatic N) is 5. The van der Waals surface area contributed by atoms with E-state index in [1.807, 2.05) is 18.2 Å². The second-order valence-corrected chi connectivity index (χ2v) is 7.46. The van der Waals surface area contributed by atoms with Crippen molar-refractivity contribution in [3.8, 4) is 11.3 Å². The van der Waals surface area contributed by atoms with Crippen LogP contribution in [0.5, 0.6) is 0 Å². The SMILES string of the molecule is Cn1nc(-c2ccc3c(c2)CCN3C(=O)Cc2cccc(F)c2F)c2c(N)ncnc21. The first-order chi connectivity index (χ1) is 14.9. The quantitative estimate of drug-likeness (QED) is 0.550. The molecular formula is C22H18F2N6O. The normalized spacial score (nSPS) is 13.1. The van der Waals surface area contributed by atoms with Crippen LogP contribution in [-0.4, -0.2) is 32.2 Å². The fourth-order valence-electron chi connectivity index (χ4n) is 4.06. The number of hydrogen-bond acceptors (Lipinski definition) is 5. The number of amides is 1. The molecule has 0 atom stereocenters. The number of fused-ring (bicyclic) bond motifs is 2. The monoisotopic (exact) mass is 420 g/mol. The van der Waals surface area contributed by atoms with E-state index < -0.39 is 11.6 Å². The van der Waals surface area contributed by atoms with Gasteiger partial charge in [-0.2, -0.15) is 5.10 Å². The number of nitrogen functional groups attached to an aromatic ring is 1. The standard InChI is InChI=1S/C22H18F2N6O/c1-29-22-18(21(25)26-11-27-22)20(28-29)14-5-6-16-12(9-14)7-8-30(16)17(31)10-13-3-2-4-15(23)19(13)24/h2-6,9,11H,7-8,10H2,1H3,(H2,25,26,27). The maximum atomic E-state index is 14.0. The van der Waals surface area contributed by atoms with Crippen molar-refractivity contribution in [2.24, 2.45) is 7.05 Å². The lowest BCUT2D eigenvalue weighted by Crippen LogP contribution is -2.30. The number of anilines is 2. The van der Waals surface area contributed by atoms with Crippen molar-refractivity contribution in [3.05, 3.63) is 65.5 Å². The second kappa shape index (κ2) is 7.12. The largest absolute Gasteiger partial charge is 0.383 e. The van der Waals surface area contributed by atoms with Gasteiger partial charge in [0.15, 0.2) is 17.3 Å². The van der Waals surface area contributed by atoms with E-state index in [0.29, 0.717) is 35.5 Å². The van der Waals surface area contributed by atoms with Crippen LogP contribution in [0, 0.1) is 11.6 Å². The zero-order valence-electron chi connectivity index (χ0n) is 16.6. The highest BCUT2D eigenvalue weighted by Crippen LogP contribution is 2.35. The van der Waals surface area contributed by atoms with Gasteiger partial charge in [-0.3, -0.25) is 4.79 Å². The number of benzene rings is 2. The summed E-state index contributed by atoms with van der Waals surface area (Å²) < 4.78 is 29.1. The van der Waals surface area contributed by atoms with Crippen molar-refractivity contribution in [1.29, 1.82) is 0 Å². The van der Waals surface area contributed by atoms with Gasteiger partial charge in [-0.25, -0.2) is 23.4 Å². The van der Waals surface area contributed by atoms with Crippen molar-refractivity contribution in [2.45, 2.75) is 12.8 Å². The topological polar surface area (TPSA) is 89.9 Å². The lowest BCUT2D eigenvalue weighted by molar-refractivity contribution is -0.117. The van der Waals surface area contributed by atoms with Crippen molar-refractivity contribution in [1.82, 2.24) is 19.7 Å². The Morgan fingerprint density at radius 2 is 2.03 bits per heavy atom. The molecule has 5 rings (SSSR count). The van der Waals surface area contributed by atoms with E-state index in [-0.39, 0.29) is 17.9 Å². The van der Waals surface area contributed by atoms with E-state index >= 15 is 0 Å². The smallest absolute Gasteiger partial charge is 0.231 e. The molecule has 31 heavy (non-hydrogen) atoms. The zero-order chi connectivity index (χ0) is 21.7. The number of aromatic nitrogens is 4. The van der Waals surface area contributed by atoms with E-state index in [9.17, 15) is 13.6 Å². The summed E-state index contributed by atoms with van der Waals surface area (Å²) in [6, 6.07) is 9.54. The molecule has 0 saturated heterocycles. The molecule has 2 N–H and O–H groups in total. The van der Waals surface area contributed by atoms with Gasteiger partial charge in [0.1, 0.15) is 17.8 Å². The molecule has 0 spiro atoms. The fourth-order valence-corrected chi connectivity index (χ4v) is 4.06. The predicted octanol–water partition coefficient (Wildman–Crippen LogP) is 3.02. The summed E-state index contributed by atoms with van der Waals surface area (Å²) in [5, 5.41) is 5.23. The predicted molar refractivity (Wildman–Crippen MR) is 112 cm³/mol. The summed E-state index contributed by atoms with van der Waals surface area (Å²) in [7, 11) is 1.79. The van der Waals surface area contributed by atoms with Crippen LogP contribution >= 0.6 is 0 Å². The number of nitrogens with two attached hydrogens (primary N) is 1. The molecule has 0 unspecified atom stereocenters. The molecule has 0 aliphatic carbocycles. The van der Waals surface area contributed by atoms with Crippen LogP contribution in [0.1, 0.15) is 11.1 Å². The molecular weight excluding hydrogens is 402 g/mol. The molecule has 0 bridgehead atoms. The maximum absolute atomic E-state index is 14.0. The number of rotatable bonds is 3. The van der Waals surface area contributed by atoms with Gasteiger partial charge < -0.3 is 10.6 Å². The lowest BCUT2D eigenvalue weighted by Gasteiger charge is -2.18. The molecule has 1 amide bonds. The number of hydrogen-bond donors (Lipinski definition) is 1. The molecule has 1 aliphatic heterocycles. The Balaban J connectivity index is 1.47. The Bertz CT molecular complexity index is 1350. The highest BCUT2D eigenvalue weighted by molar-refractivity contribution is 6.00. The molecule has 9 heteroatoms. The molecule has 0 saturated carbocycles. The number of aryl methyl sites for hydroxylation is 1. The molecule has 0 radical (unpaired) electrons. The highest BCUT2D eigenvalue weighted by atomic mass is 19.2. The summed E-state index contributed by atoms with van der Waals surface area (Å²) in [6.45, 7) is 0.475. The van der Waals surface area contributed by atoms with Crippen molar-refractivity contribution >= 4 is 28.4 Å². The van der Waals surface area contributed by atoms with Crippen LogP contribution in [-0.2, 0) is 24.7 Å². The van der Waals surface area contributed by atoms with Gasteiger partial charge in [0.2, 0.25) is 5.91 Å². The number of carbonyl (C=O) groups excluding carboxylic acids is 1. The first kappa shape index (κ1) is 19.1. The maximum Gasteiger partial charge on any atom is 0.231 e. The Kier molecular flexibility index (Phi) is 4.39. The van der Waals surface area contributed by atoms with Crippen molar-refractivity contribution in [3.63, 3.8) is 0 Å². The third-order valence-corrected chi connectivity index (χ3v) is 5.57. The Morgan fingerprint density at radius 3 is 2.87 bits per heavy atom. The molecule has 2 aromatic carbocycles. The highest BCUT2D eigenvalue weighted by Gasteiger charge is 2.27. The van der Waals surface area contributed by atoms with Crippen LogP contribution in [0.15, 0.2) is 42.7 Å². The lowest BCUT2D eigenvalue weighted by atomic mass is 10.0. The van der Waals surface area contributed by atoms with Gasteiger partial charge in [0, 0.05) is 30.4 Å². The molecule has 0 fully saturated rings. The first-order valence-electron chi connectivity index (χ1n) is 9.73. The van der Waals surface area contributed by atoms with Gasteiger partial charge in [-0.1, -0.05) is 18.2 Å². The number of halogens is 2. The van der Waals surface area contributed by atoms with E-state index in [2.05, 4.69) is 15.1 Å². The Hall–Kier alpha value is -3.88. The Labute approximate surface area is 176 Å². The van der Waals surface area contributed by atoms with E-state index in [4.69, 9.17) is 5.73 Å². The summed E-state index contributed by atoms with van der Waals surface area (Å²) >= 11 is 0. The summed E-state index contributed by atoms with van der Waals surface area (Å²) in [5.74, 6) is -1.87. The van der Waals surface area contributed by atoms with Crippen LogP contribution in [0.2, 0.25) is 0 Å². The van der Waals surface area contributed by atoms with E-state index in [1.54, 1.807) is 16.6 Å². The zero-order valence-corrected chi connectivity index (χ0v) is 16.6. The number of carbonyl (C=O) groups is 1. The fraction of sp³-hybridized carbons (Fsp3) is 0.182. The summed E-state index contributed by atoms with van der Waals surface area (Å²) in [6.07, 6.45) is 1.84. The van der Waals surface area contributed by atoms with E-state index in [0.717, 1.165) is 22.9 Å². The summed E-state index contributed by atoms with van der Waals surface area (Å²) in [4.78, 5) is 22.7. The average Bonchev–Trinajstić information content (AvgIpc) is 3.33. The minimum Gasteiger partial charge on any atom is -0.383 e. The third kappa shape index (κ3) is 3.09. The average molecular weight is 420 g/mol. The van der Waals surface area contributed by atoms with Crippen molar-refractivity contribution < 1.29 is 13.6 Å². The van der Waals surface area contributed by atoms with Gasteiger partial charge in [-0.05, 0) is 30.2 Å². The van der Waals surface area contributed by atoms with E-state index in [1.165, 1.54) is 18.5 Å². The molecule has 156 valence electrons. The molecule has 4 aromatic rings. The van der Waals surface area contributed by atoms with Crippen molar-refractivity contribution in [2.75, 3.05) is 17.2 Å². The van der Waals surface area contributed by atoms with Crippen LogP contribution in [0.4, 0.5) is 20.3 Å². The van der Waals surface area contributed by atoms with Gasteiger partial charge >= 0.3 is 0 Å². The first-order valence-corrected chi connectivity index (χ1v) is 9.73. The van der Waals surface area contributed by atoms with Gasteiger partial charge in [0.25, 0.3) is 0 Å². The van der Waals surface area contributed by atoms with Gasteiger partial charge in [-0.15, -0.1) is 0 Å². The van der Waals surface area contributed by atoms with Crippen LogP contribution in [0.3, 0.4) is 0 Å². The van der Waals surface area contributed by atoms with Crippen LogP contribution in [0.25, 0.3) is 22.3 Å². The Morgan fingerprint density at radius 1 is 1.19 bits per heavy atom. The molecule has 1 aliphatic rings. The minimum atomic E-state index is -0.979. The molecule has 2 aromatic heterocycles. The molecule has 7 nitrogen and oxygen atoms in total. The molecule has 3 heterocycles. The second-order valence-electron chi connectivity index (χ2n) is 7.46. The van der Waals surface area contributed by atoms with Crippen LogP contribution < -0.4 is 10.6 Å². The van der Waals surface area contributed by atoms with Gasteiger partial charge in [0.05, 0.1) is 11.8 Å². The third-order valence-electron chi connectivity index (χ3n) is 5.57. The minimum absolute atomic E-state index is 0.0468.